The first-order valence-electron chi connectivity index (χ1n) is 13.0. The minimum absolute atomic E-state index is 1.00. The topological polar surface area (TPSA) is 6.48 Å². The van der Waals surface area contributed by atoms with Crippen LogP contribution in [0.4, 0.5) is 34.1 Å². The number of benzene rings is 5. The van der Waals surface area contributed by atoms with Gasteiger partial charge in [-0.05, 0) is 116 Å². The van der Waals surface area contributed by atoms with Gasteiger partial charge in [-0.25, -0.2) is 0 Å². The molecule has 5 aromatic carbocycles. The number of hydrogen-bond donors (Lipinski definition) is 0. The maximum Gasteiger partial charge on any atom is 0.0482 e. The minimum atomic E-state index is 1.00. The van der Waals surface area contributed by atoms with Crippen LogP contribution < -0.4 is 9.80 Å². The summed E-state index contributed by atoms with van der Waals surface area (Å²) < 4.78 is 0. The SMILES string of the molecule is CCc1cccc(N(c2cccc(C)c2)c2cccc(N(c3cccc(C)c3)c3cccc(C)c3)c2)c1. The Bertz CT molecular complexity index is 1470. The van der Waals surface area contributed by atoms with Crippen molar-refractivity contribution >= 4 is 34.1 Å². The largest absolute Gasteiger partial charge is 0.310 e. The lowest BCUT2D eigenvalue weighted by Crippen LogP contribution is -2.13. The van der Waals surface area contributed by atoms with Gasteiger partial charge in [-0.3, -0.25) is 0 Å². The number of anilines is 6. The van der Waals surface area contributed by atoms with E-state index in [-0.39, 0.29) is 0 Å². The zero-order valence-electron chi connectivity index (χ0n) is 22.1. The predicted octanol–water partition coefficient (Wildman–Crippen LogP) is 10.1. The fourth-order valence-electron chi connectivity index (χ4n) is 4.88. The Labute approximate surface area is 221 Å². The van der Waals surface area contributed by atoms with Crippen molar-refractivity contribution in [3.8, 4) is 0 Å². The standard InChI is InChI=1S/C35H34N2/c1-5-29-14-9-18-33(24-29)37(32-17-8-13-28(4)23-32)35-20-10-19-34(25-35)36(30-15-6-11-26(2)21-30)31-16-7-12-27(3)22-31/h6-25H,5H2,1-4H3. The smallest absolute Gasteiger partial charge is 0.0482 e. The summed E-state index contributed by atoms with van der Waals surface area (Å²) in [7, 11) is 0. The number of nitrogens with zero attached hydrogens (tertiary/aromatic N) is 2. The molecule has 0 radical (unpaired) electrons. The van der Waals surface area contributed by atoms with Crippen LogP contribution in [0.2, 0.25) is 0 Å². The lowest BCUT2D eigenvalue weighted by atomic mass is 10.1. The molecule has 0 atom stereocenters. The predicted molar refractivity (Wildman–Crippen MR) is 159 cm³/mol. The van der Waals surface area contributed by atoms with Crippen LogP contribution in [0.15, 0.2) is 121 Å². The summed E-state index contributed by atoms with van der Waals surface area (Å²) in [6.07, 6.45) is 1.00. The van der Waals surface area contributed by atoms with Gasteiger partial charge < -0.3 is 9.80 Å². The number of hydrogen-bond acceptors (Lipinski definition) is 2. The van der Waals surface area contributed by atoms with E-state index in [0.717, 1.165) is 34.9 Å². The van der Waals surface area contributed by atoms with E-state index in [1.807, 2.05) is 0 Å². The second kappa shape index (κ2) is 10.8. The summed E-state index contributed by atoms with van der Waals surface area (Å²) in [6.45, 7) is 8.65. The molecule has 5 aromatic rings. The molecular weight excluding hydrogens is 448 g/mol. The van der Waals surface area contributed by atoms with E-state index in [2.05, 4.69) is 159 Å². The van der Waals surface area contributed by atoms with Gasteiger partial charge in [0.05, 0.1) is 0 Å². The fraction of sp³-hybridized carbons (Fsp3) is 0.143. The van der Waals surface area contributed by atoms with Crippen LogP contribution in [-0.4, -0.2) is 0 Å². The van der Waals surface area contributed by atoms with Crippen molar-refractivity contribution in [1.82, 2.24) is 0 Å². The molecule has 2 heteroatoms. The molecule has 0 aliphatic rings. The average Bonchev–Trinajstić information content (AvgIpc) is 2.90. The molecule has 0 spiro atoms. The van der Waals surface area contributed by atoms with Crippen molar-refractivity contribution in [1.29, 1.82) is 0 Å². The normalized spacial score (nSPS) is 10.8. The molecule has 37 heavy (non-hydrogen) atoms. The molecule has 0 unspecified atom stereocenters. The third-order valence-electron chi connectivity index (χ3n) is 6.70. The van der Waals surface area contributed by atoms with E-state index in [0.29, 0.717) is 0 Å². The van der Waals surface area contributed by atoms with Crippen LogP contribution in [0.5, 0.6) is 0 Å². The fourth-order valence-corrected chi connectivity index (χ4v) is 4.88. The molecule has 2 nitrogen and oxygen atoms in total. The van der Waals surface area contributed by atoms with E-state index >= 15 is 0 Å². The van der Waals surface area contributed by atoms with Gasteiger partial charge in [0.25, 0.3) is 0 Å². The van der Waals surface area contributed by atoms with Crippen molar-refractivity contribution in [2.24, 2.45) is 0 Å². The van der Waals surface area contributed by atoms with Gasteiger partial charge >= 0.3 is 0 Å². The Hall–Kier alpha value is -4.30. The molecule has 5 rings (SSSR count). The van der Waals surface area contributed by atoms with Crippen molar-refractivity contribution in [2.45, 2.75) is 34.1 Å². The van der Waals surface area contributed by atoms with E-state index in [4.69, 9.17) is 0 Å². The van der Waals surface area contributed by atoms with Crippen LogP contribution >= 0.6 is 0 Å². The Kier molecular flexibility index (Phi) is 7.09. The third-order valence-corrected chi connectivity index (χ3v) is 6.70. The molecule has 0 aromatic heterocycles. The van der Waals surface area contributed by atoms with Gasteiger partial charge in [0.1, 0.15) is 0 Å². The Morgan fingerprint density at radius 2 is 0.730 bits per heavy atom. The molecule has 0 saturated heterocycles. The van der Waals surface area contributed by atoms with Crippen LogP contribution in [-0.2, 0) is 6.42 Å². The molecule has 0 N–H and O–H groups in total. The van der Waals surface area contributed by atoms with Crippen LogP contribution in [0, 0.1) is 20.8 Å². The summed E-state index contributed by atoms with van der Waals surface area (Å²) in [5.41, 5.74) is 11.9. The Balaban J connectivity index is 1.69. The number of rotatable bonds is 7. The molecule has 0 fully saturated rings. The summed E-state index contributed by atoms with van der Waals surface area (Å²) >= 11 is 0. The highest BCUT2D eigenvalue weighted by atomic mass is 15.2. The van der Waals surface area contributed by atoms with E-state index in [9.17, 15) is 0 Å². The van der Waals surface area contributed by atoms with Crippen molar-refractivity contribution < 1.29 is 0 Å². The summed E-state index contributed by atoms with van der Waals surface area (Å²) in [4.78, 5) is 4.71. The molecule has 0 heterocycles. The molecule has 0 amide bonds. The Morgan fingerprint density at radius 3 is 1.11 bits per heavy atom. The van der Waals surface area contributed by atoms with Gasteiger partial charge in [-0.2, -0.15) is 0 Å². The first-order valence-corrected chi connectivity index (χ1v) is 13.0. The van der Waals surface area contributed by atoms with Gasteiger partial charge in [-0.15, -0.1) is 0 Å². The monoisotopic (exact) mass is 482 g/mol. The van der Waals surface area contributed by atoms with Crippen LogP contribution in [0.3, 0.4) is 0 Å². The van der Waals surface area contributed by atoms with Crippen molar-refractivity contribution in [3.63, 3.8) is 0 Å². The zero-order valence-corrected chi connectivity index (χ0v) is 22.1. The summed E-state index contributed by atoms with van der Waals surface area (Å²) in [5.74, 6) is 0. The maximum atomic E-state index is 2.36. The maximum absolute atomic E-state index is 2.36. The molecule has 184 valence electrons. The van der Waals surface area contributed by atoms with Gasteiger partial charge in [0, 0.05) is 34.1 Å². The van der Waals surface area contributed by atoms with Crippen molar-refractivity contribution in [2.75, 3.05) is 9.80 Å². The first-order chi connectivity index (χ1) is 18.0. The van der Waals surface area contributed by atoms with Gasteiger partial charge in [0.15, 0.2) is 0 Å². The quantitative estimate of drug-likeness (QED) is 0.228. The van der Waals surface area contributed by atoms with E-state index in [1.165, 1.54) is 27.9 Å². The average molecular weight is 483 g/mol. The van der Waals surface area contributed by atoms with Crippen molar-refractivity contribution in [3.05, 3.63) is 144 Å². The highest BCUT2D eigenvalue weighted by Crippen LogP contribution is 2.40. The first kappa shape index (κ1) is 24.4. The van der Waals surface area contributed by atoms with Gasteiger partial charge in [-0.1, -0.05) is 61.5 Å². The number of aryl methyl sites for hydroxylation is 4. The molecule has 0 saturated carbocycles. The van der Waals surface area contributed by atoms with Crippen LogP contribution in [0.25, 0.3) is 0 Å². The van der Waals surface area contributed by atoms with E-state index < -0.39 is 0 Å². The lowest BCUT2D eigenvalue weighted by Gasteiger charge is -2.30. The molecule has 0 aliphatic heterocycles. The molecule has 0 aliphatic carbocycles. The minimum Gasteiger partial charge on any atom is -0.310 e. The zero-order chi connectivity index (χ0) is 25.8. The summed E-state index contributed by atoms with van der Waals surface area (Å²) in [6, 6.07) is 43.9. The van der Waals surface area contributed by atoms with Gasteiger partial charge in [0.2, 0.25) is 0 Å². The second-order valence-corrected chi connectivity index (χ2v) is 9.73. The second-order valence-electron chi connectivity index (χ2n) is 9.73. The third kappa shape index (κ3) is 5.44. The van der Waals surface area contributed by atoms with E-state index in [1.54, 1.807) is 0 Å². The summed E-state index contributed by atoms with van der Waals surface area (Å²) in [5, 5.41) is 0. The molecular formula is C35H34N2. The highest BCUT2D eigenvalue weighted by Gasteiger charge is 2.17. The Morgan fingerprint density at radius 1 is 0.405 bits per heavy atom. The highest BCUT2D eigenvalue weighted by molar-refractivity contribution is 5.83. The molecule has 0 bridgehead atoms. The van der Waals surface area contributed by atoms with Crippen LogP contribution in [0.1, 0.15) is 29.2 Å². The lowest BCUT2D eigenvalue weighted by molar-refractivity contribution is 1.13.